The van der Waals surface area contributed by atoms with Crippen LogP contribution in [0.3, 0.4) is 0 Å². The Labute approximate surface area is 90.7 Å². The number of aromatic hydroxyl groups is 1. The summed E-state index contributed by atoms with van der Waals surface area (Å²) in [4.78, 5) is 10.1. The van der Waals surface area contributed by atoms with Gasteiger partial charge < -0.3 is 15.1 Å². The minimum Gasteiger partial charge on any atom is -0.504 e. The van der Waals surface area contributed by atoms with Gasteiger partial charge in [-0.3, -0.25) is 10.1 Å². The highest BCUT2D eigenvalue weighted by Gasteiger charge is 2.23. The summed E-state index contributed by atoms with van der Waals surface area (Å²) in [5.41, 5.74) is -0.381. The number of phenols is 1. The molecule has 16 heavy (non-hydrogen) atoms. The molecule has 0 atom stereocenters. The largest absolute Gasteiger partial charge is 0.504 e. The number of rotatable bonds is 4. The van der Waals surface area contributed by atoms with Crippen molar-refractivity contribution in [1.29, 1.82) is 0 Å². The zero-order valence-corrected chi connectivity index (χ0v) is 8.45. The molecular weight excluding hydrogens is 216 g/mol. The second-order valence-corrected chi connectivity index (χ2v) is 2.79. The van der Waals surface area contributed by atoms with Crippen molar-refractivity contribution in [3.63, 3.8) is 0 Å². The minimum atomic E-state index is -0.707. The van der Waals surface area contributed by atoms with Gasteiger partial charge in [0.1, 0.15) is 0 Å². The lowest BCUT2D eigenvalue weighted by Gasteiger charge is -2.07. The third-order valence-corrected chi connectivity index (χ3v) is 1.81. The van der Waals surface area contributed by atoms with Crippen molar-refractivity contribution in [3.8, 4) is 11.5 Å². The highest BCUT2D eigenvalue weighted by Crippen LogP contribution is 2.38. The Hall–Kier alpha value is -2.31. The highest BCUT2D eigenvalue weighted by atomic mass is 16.6. The van der Waals surface area contributed by atoms with Crippen LogP contribution >= 0.6 is 0 Å². The van der Waals surface area contributed by atoms with Crippen molar-refractivity contribution in [2.24, 2.45) is 5.16 Å². The van der Waals surface area contributed by atoms with Gasteiger partial charge in [0.2, 0.25) is 5.75 Å². The lowest BCUT2D eigenvalue weighted by molar-refractivity contribution is -0.386. The van der Waals surface area contributed by atoms with Crippen molar-refractivity contribution >= 4 is 11.9 Å². The van der Waals surface area contributed by atoms with E-state index in [1.54, 1.807) is 6.92 Å². The van der Waals surface area contributed by atoms with E-state index in [0.29, 0.717) is 0 Å². The first-order valence-corrected chi connectivity index (χ1v) is 4.42. The lowest BCUT2D eigenvalue weighted by Crippen LogP contribution is -2.01. The molecule has 1 rings (SSSR count). The molecule has 2 N–H and O–H groups in total. The van der Waals surface area contributed by atoms with Crippen LogP contribution < -0.4 is 4.74 Å². The number of hydrogen-bond donors (Lipinski definition) is 2. The van der Waals surface area contributed by atoms with Gasteiger partial charge >= 0.3 is 5.69 Å². The fraction of sp³-hybridized carbons (Fsp3) is 0.222. The quantitative estimate of drug-likeness (QED) is 0.350. The highest BCUT2D eigenvalue weighted by molar-refractivity contribution is 5.87. The lowest BCUT2D eigenvalue weighted by atomic mass is 10.1. The average molecular weight is 226 g/mol. The predicted molar refractivity (Wildman–Crippen MR) is 55.3 cm³/mol. The summed E-state index contributed by atoms with van der Waals surface area (Å²) in [6.07, 6.45) is 0.903. The molecule has 7 nitrogen and oxygen atoms in total. The summed E-state index contributed by atoms with van der Waals surface area (Å²) in [7, 11) is 0. The number of nitro benzene ring substituents is 1. The van der Waals surface area contributed by atoms with Crippen LogP contribution in [0.5, 0.6) is 11.5 Å². The summed E-state index contributed by atoms with van der Waals surface area (Å²) in [5, 5.41) is 31.3. The molecular formula is C9H10N2O5. The molecule has 0 heterocycles. The van der Waals surface area contributed by atoms with E-state index >= 15 is 0 Å². The van der Waals surface area contributed by atoms with Crippen LogP contribution in [0.2, 0.25) is 0 Å². The van der Waals surface area contributed by atoms with Gasteiger partial charge in [-0.05, 0) is 19.1 Å². The summed E-state index contributed by atoms with van der Waals surface area (Å²) in [6, 6.07) is 2.49. The molecule has 0 saturated carbocycles. The van der Waals surface area contributed by atoms with E-state index in [0.717, 1.165) is 6.21 Å². The van der Waals surface area contributed by atoms with Crippen molar-refractivity contribution in [1.82, 2.24) is 0 Å². The Bertz CT molecular complexity index is 430. The Morgan fingerprint density at radius 1 is 1.62 bits per heavy atom. The standard InChI is InChI=1S/C9H10N2O5/c1-2-16-9-7(12)4-3-6(5-10-13)8(9)11(14)15/h3-5,12-13H,2H2,1H3/b10-5+. The van der Waals surface area contributed by atoms with E-state index in [4.69, 9.17) is 9.94 Å². The molecule has 0 aromatic heterocycles. The summed E-state index contributed by atoms with van der Waals surface area (Å²) >= 11 is 0. The molecule has 86 valence electrons. The Balaban J connectivity index is 3.43. The molecule has 0 spiro atoms. The SMILES string of the molecule is CCOc1c(O)ccc(/C=N/O)c1[N+](=O)[O-]. The number of oxime groups is 1. The maximum Gasteiger partial charge on any atom is 0.323 e. The molecule has 1 aromatic carbocycles. The molecule has 1 aromatic rings. The van der Waals surface area contributed by atoms with E-state index in [2.05, 4.69) is 5.16 Å². The van der Waals surface area contributed by atoms with Gasteiger partial charge in [0.15, 0.2) is 5.75 Å². The van der Waals surface area contributed by atoms with Gasteiger partial charge in [0.25, 0.3) is 0 Å². The van der Waals surface area contributed by atoms with Gasteiger partial charge in [-0.1, -0.05) is 5.16 Å². The molecule has 0 radical (unpaired) electrons. The number of ether oxygens (including phenoxy) is 1. The Morgan fingerprint density at radius 2 is 2.31 bits per heavy atom. The smallest absolute Gasteiger partial charge is 0.323 e. The van der Waals surface area contributed by atoms with Gasteiger partial charge in [0, 0.05) is 0 Å². The average Bonchev–Trinajstić information content (AvgIpc) is 2.23. The van der Waals surface area contributed by atoms with Gasteiger partial charge in [-0.2, -0.15) is 0 Å². The zero-order chi connectivity index (χ0) is 12.1. The van der Waals surface area contributed by atoms with E-state index in [1.165, 1.54) is 12.1 Å². The fourth-order valence-corrected chi connectivity index (χ4v) is 1.22. The molecule has 0 saturated heterocycles. The fourth-order valence-electron chi connectivity index (χ4n) is 1.22. The second-order valence-electron chi connectivity index (χ2n) is 2.79. The van der Waals surface area contributed by atoms with Crippen molar-refractivity contribution in [3.05, 3.63) is 27.8 Å². The van der Waals surface area contributed by atoms with Crippen LogP contribution in [0.1, 0.15) is 12.5 Å². The molecule has 0 fully saturated rings. The number of phenolic OH excluding ortho intramolecular Hbond substituents is 1. The van der Waals surface area contributed by atoms with E-state index < -0.39 is 10.6 Å². The minimum absolute atomic E-state index is 0.0498. The number of benzene rings is 1. The van der Waals surface area contributed by atoms with E-state index in [9.17, 15) is 15.2 Å². The van der Waals surface area contributed by atoms with E-state index in [-0.39, 0.29) is 23.7 Å². The second kappa shape index (κ2) is 4.96. The molecule has 7 heteroatoms. The van der Waals surface area contributed by atoms with Gasteiger partial charge in [0.05, 0.1) is 23.3 Å². The van der Waals surface area contributed by atoms with Crippen LogP contribution in [0.15, 0.2) is 17.3 Å². The molecule has 0 unspecified atom stereocenters. The molecule has 0 bridgehead atoms. The topological polar surface area (TPSA) is 105 Å². The van der Waals surface area contributed by atoms with E-state index in [1.807, 2.05) is 0 Å². The Kier molecular flexibility index (Phi) is 3.65. The normalized spacial score (nSPS) is 10.6. The molecule has 0 aliphatic rings. The monoisotopic (exact) mass is 226 g/mol. The Morgan fingerprint density at radius 3 is 2.81 bits per heavy atom. The van der Waals surface area contributed by atoms with Gasteiger partial charge in [-0.25, -0.2) is 0 Å². The van der Waals surface area contributed by atoms with Crippen LogP contribution in [0.4, 0.5) is 5.69 Å². The first-order chi connectivity index (χ1) is 7.61. The first-order valence-electron chi connectivity index (χ1n) is 4.42. The third-order valence-electron chi connectivity index (χ3n) is 1.81. The number of nitro groups is 1. The van der Waals surface area contributed by atoms with Gasteiger partial charge in [-0.15, -0.1) is 0 Å². The predicted octanol–water partition coefficient (Wildman–Crippen LogP) is 1.51. The van der Waals surface area contributed by atoms with Crippen LogP contribution in [-0.2, 0) is 0 Å². The van der Waals surface area contributed by atoms with Crippen LogP contribution in [-0.4, -0.2) is 28.1 Å². The first kappa shape index (κ1) is 11.8. The summed E-state index contributed by atoms with van der Waals surface area (Å²) in [6.45, 7) is 1.81. The molecule has 0 aliphatic heterocycles. The molecule has 0 aliphatic carbocycles. The zero-order valence-electron chi connectivity index (χ0n) is 8.45. The maximum atomic E-state index is 10.8. The van der Waals surface area contributed by atoms with Crippen molar-refractivity contribution < 1.29 is 20.0 Å². The summed E-state index contributed by atoms with van der Waals surface area (Å²) in [5.74, 6) is -0.562. The van der Waals surface area contributed by atoms with Crippen LogP contribution in [0, 0.1) is 10.1 Å². The van der Waals surface area contributed by atoms with Crippen molar-refractivity contribution in [2.45, 2.75) is 6.92 Å². The van der Waals surface area contributed by atoms with Crippen LogP contribution in [0.25, 0.3) is 0 Å². The number of hydrogen-bond acceptors (Lipinski definition) is 6. The summed E-state index contributed by atoms with van der Waals surface area (Å²) < 4.78 is 4.98. The molecule has 0 amide bonds. The number of nitrogens with zero attached hydrogens (tertiary/aromatic N) is 2. The third kappa shape index (κ3) is 2.19. The van der Waals surface area contributed by atoms with Crippen molar-refractivity contribution in [2.75, 3.05) is 6.61 Å². The maximum absolute atomic E-state index is 10.8.